The van der Waals surface area contributed by atoms with Crippen molar-refractivity contribution in [1.29, 1.82) is 0 Å². The fourth-order valence-corrected chi connectivity index (χ4v) is 2.07. The van der Waals surface area contributed by atoms with Crippen LogP contribution in [0.15, 0.2) is 27.2 Å². The predicted molar refractivity (Wildman–Crippen MR) is 74.3 cm³/mol. The lowest BCUT2D eigenvalue weighted by Gasteiger charge is -2.04. The van der Waals surface area contributed by atoms with E-state index >= 15 is 0 Å². The van der Waals surface area contributed by atoms with Gasteiger partial charge in [0.15, 0.2) is 0 Å². The fraction of sp³-hybridized carbons (Fsp3) is 0.385. The third-order valence-electron chi connectivity index (χ3n) is 3.00. The van der Waals surface area contributed by atoms with E-state index in [0.29, 0.717) is 18.3 Å². The van der Waals surface area contributed by atoms with Crippen LogP contribution in [0.3, 0.4) is 0 Å². The first-order valence-electron chi connectivity index (χ1n) is 5.96. The van der Waals surface area contributed by atoms with Gasteiger partial charge < -0.3 is 10.3 Å². The smallest absolute Gasteiger partial charge is 0.231 e. The second kappa shape index (κ2) is 5.63. The number of aromatic nitrogens is 2. The number of benzene rings is 1. The lowest BCUT2D eigenvalue weighted by Crippen LogP contribution is -2.11. The van der Waals surface area contributed by atoms with Crippen molar-refractivity contribution in [3.05, 3.63) is 34.1 Å². The highest BCUT2D eigenvalue weighted by molar-refractivity contribution is 9.10. The average molecular weight is 310 g/mol. The maximum Gasteiger partial charge on any atom is 0.231 e. The van der Waals surface area contributed by atoms with Crippen LogP contribution in [0.5, 0.6) is 0 Å². The number of hydrogen-bond donors (Lipinski definition) is 1. The van der Waals surface area contributed by atoms with Crippen LogP contribution in [0.25, 0.3) is 11.4 Å². The zero-order valence-electron chi connectivity index (χ0n) is 10.5. The van der Waals surface area contributed by atoms with E-state index in [4.69, 9.17) is 10.3 Å². The second-order valence-corrected chi connectivity index (χ2v) is 5.12. The maximum absolute atomic E-state index is 5.67. The van der Waals surface area contributed by atoms with Crippen molar-refractivity contribution < 1.29 is 4.52 Å². The number of nitrogens with two attached hydrogens (primary N) is 1. The molecular weight excluding hydrogens is 294 g/mol. The molecule has 0 fully saturated rings. The van der Waals surface area contributed by atoms with Crippen LogP contribution in [0.1, 0.15) is 30.7 Å². The first-order valence-corrected chi connectivity index (χ1v) is 6.75. The Morgan fingerprint density at radius 2 is 2.22 bits per heavy atom. The molecule has 18 heavy (non-hydrogen) atoms. The minimum Gasteiger partial charge on any atom is -0.339 e. The molecule has 0 bridgehead atoms. The first kappa shape index (κ1) is 13.2. The van der Waals surface area contributed by atoms with Crippen molar-refractivity contribution in [3.8, 4) is 11.4 Å². The molecule has 2 aromatic rings. The van der Waals surface area contributed by atoms with Gasteiger partial charge in [0.25, 0.3) is 0 Å². The van der Waals surface area contributed by atoms with Gasteiger partial charge in [-0.15, -0.1) is 0 Å². The standard InChI is InChI=1S/C13H16BrN3O/c1-3-9(7-15)13-16-12(17-18-13)10-5-4-8(2)11(14)6-10/h4-6,9H,3,7,15H2,1-2H3. The summed E-state index contributed by atoms with van der Waals surface area (Å²) in [6.45, 7) is 4.62. The summed E-state index contributed by atoms with van der Waals surface area (Å²) in [4.78, 5) is 4.41. The summed E-state index contributed by atoms with van der Waals surface area (Å²) in [7, 11) is 0. The summed E-state index contributed by atoms with van der Waals surface area (Å²) in [5, 5.41) is 4.01. The number of rotatable bonds is 4. The van der Waals surface area contributed by atoms with Gasteiger partial charge in [0.1, 0.15) is 0 Å². The summed E-state index contributed by atoms with van der Waals surface area (Å²) < 4.78 is 6.32. The number of nitrogens with zero attached hydrogens (tertiary/aromatic N) is 2. The normalized spacial score (nSPS) is 12.7. The predicted octanol–water partition coefficient (Wildman–Crippen LogP) is 3.26. The van der Waals surface area contributed by atoms with Crippen LogP contribution in [0, 0.1) is 6.92 Å². The Kier molecular flexibility index (Phi) is 4.14. The minimum atomic E-state index is 0.139. The Balaban J connectivity index is 2.31. The van der Waals surface area contributed by atoms with Crippen LogP contribution in [-0.2, 0) is 0 Å². The van der Waals surface area contributed by atoms with E-state index < -0.39 is 0 Å². The highest BCUT2D eigenvalue weighted by Gasteiger charge is 2.16. The molecule has 96 valence electrons. The van der Waals surface area contributed by atoms with Gasteiger partial charge in [-0.2, -0.15) is 4.98 Å². The van der Waals surface area contributed by atoms with E-state index in [0.717, 1.165) is 16.5 Å². The zero-order chi connectivity index (χ0) is 13.1. The number of halogens is 1. The summed E-state index contributed by atoms with van der Waals surface area (Å²) in [6, 6.07) is 6.00. The Bertz CT molecular complexity index is 535. The SMILES string of the molecule is CCC(CN)c1nc(-c2ccc(C)c(Br)c2)no1. The Labute approximate surface area is 115 Å². The molecule has 4 nitrogen and oxygen atoms in total. The molecule has 0 aliphatic heterocycles. The van der Waals surface area contributed by atoms with Crippen molar-refractivity contribution in [2.75, 3.05) is 6.54 Å². The van der Waals surface area contributed by atoms with E-state index in [1.165, 1.54) is 5.56 Å². The summed E-state index contributed by atoms with van der Waals surface area (Å²) in [5.74, 6) is 1.37. The van der Waals surface area contributed by atoms with Crippen LogP contribution < -0.4 is 5.73 Å². The molecule has 1 heterocycles. The van der Waals surface area contributed by atoms with E-state index in [9.17, 15) is 0 Å². The van der Waals surface area contributed by atoms with Gasteiger partial charge in [0.05, 0.1) is 5.92 Å². The van der Waals surface area contributed by atoms with Crippen LogP contribution in [0.4, 0.5) is 0 Å². The van der Waals surface area contributed by atoms with Gasteiger partial charge in [0.2, 0.25) is 11.7 Å². The monoisotopic (exact) mass is 309 g/mol. The van der Waals surface area contributed by atoms with E-state index in [-0.39, 0.29) is 5.92 Å². The van der Waals surface area contributed by atoms with E-state index in [1.807, 2.05) is 25.1 Å². The molecule has 2 rings (SSSR count). The Morgan fingerprint density at radius 3 is 2.83 bits per heavy atom. The average Bonchev–Trinajstić information content (AvgIpc) is 2.84. The second-order valence-electron chi connectivity index (χ2n) is 4.26. The lowest BCUT2D eigenvalue weighted by molar-refractivity contribution is 0.351. The molecule has 2 N–H and O–H groups in total. The van der Waals surface area contributed by atoms with Crippen LogP contribution in [-0.4, -0.2) is 16.7 Å². The zero-order valence-corrected chi connectivity index (χ0v) is 12.1. The molecule has 1 aromatic heterocycles. The van der Waals surface area contributed by atoms with Crippen molar-refractivity contribution in [1.82, 2.24) is 10.1 Å². The molecule has 1 aromatic carbocycles. The number of hydrogen-bond acceptors (Lipinski definition) is 4. The molecule has 0 aliphatic carbocycles. The summed E-state index contributed by atoms with van der Waals surface area (Å²) in [5.41, 5.74) is 7.79. The van der Waals surface area contributed by atoms with E-state index in [1.54, 1.807) is 0 Å². The molecule has 0 amide bonds. The van der Waals surface area contributed by atoms with Gasteiger partial charge in [-0.3, -0.25) is 0 Å². The first-order chi connectivity index (χ1) is 8.65. The van der Waals surface area contributed by atoms with Crippen molar-refractivity contribution in [3.63, 3.8) is 0 Å². The largest absolute Gasteiger partial charge is 0.339 e. The lowest BCUT2D eigenvalue weighted by atomic mass is 10.1. The fourth-order valence-electron chi connectivity index (χ4n) is 1.69. The number of aryl methyl sites for hydroxylation is 1. The van der Waals surface area contributed by atoms with Crippen molar-refractivity contribution in [2.45, 2.75) is 26.2 Å². The van der Waals surface area contributed by atoms with Crippen LogP contribution in [0.2, 0.25) is 0 Å². The van der Waals surface area contributed by atoms with E-state index in [2.05, 4.69) is 33.0 Å². The van der Waals surface area contributed by atoms with Gasteiger partial charge in [0, 0.05) is 16.6 Å². The van der Waals surface area contributed by atoms with Gasteiger partial charge >= 0.3 is 0 Å². The molecule has 0 saturated carbocycles. The maximum atomic E-state index is 5.67. The summed E-state index contributed by atoms with van der Waals surface area (Å²) in [6.07, 6.45) is 0.899. The Hall–Kier alpha value is -1.20. The van der Waals surface area contributed by atoms with Gasteiger partial charge in [-0.05, 0) is 25.0 Å². The molecule has 0 aliphatic rings. The van der Waals surface area contributed by atoms with Crippen LogP contribution >= 0.6 is 15.9 Å². The van der Waals surface area contributed by atoms with Crippen molar-refractivity contribution >= 4 is 15.9 Å². The van der Waals surface area contributed by atoms with Gasteiger partial charge in [-0.1, -0.05) is 40.1 Å². The van der Waals surface area contributed by atoms with Crippen molar-refractivity contribution in [2.24, 2.45) is 5.73 Å². The summed E-state index contributed by atoms with van der Waals surface area (Å²) >= 11 is 3.50. The third-order valence-corrected chi connectivity index (χ3v) is 3.85. The quantitative estimate of drug-likeness (QED) is 0.941. The Morgan fingerprint density at radius 1 is 1.44 bits per heavy atom. The highest BCUT2D eigenvalue weighted by atomic mass is 79.9. The third kappa shape index (κ3) is 2.62. The highest BCUT2D eigenvalue weighted by Crippen LogP contribution is 2.25. The molecule has 5 heteroatoms. The molecule has 0 radical (unpaired) electrons. The molecule has 0 saturated heterocycles. The molecular formula is C13H16BrN3O. The topological polar surface area (TPSA) is 64.9 Å². The molecule has 0 spiro atoms. The van der Waals surface area contributed by atoms with Gasteiger partial charge in [-0.25, -0.2) is 0 Å². The molecule has 1 atom stereocenters. The minimum absolute atomic E-state index is 0.139. The molecule has 1 unspecified atom stereocenters.